The maximum atomic E-state index is 5.83. The smallest absolute Gasteiger partial charge is 0.120 e. The van der Waals surface area contributed by atoms with Gasteiger partial charge in [0.2, 0.25) is 0 Å². The van der Waals surface area contributed by atoms with Crippen molar-refractivity contribution in [3.63, 3.8) is 0 Å². The maximum Gasteiger partial charge on any atom is 0.120 e. The van der Waals surface area contributed by atoms with Crippen molar-refractivity contribution in [3.8, 4) is 5.75 Å². The van der Waals surface area contributed by atoms with Gasteiger partial charge in [0, 0.05) is 11.5 Å². The van der Waals surface area contributed by atoms with Crippen LogP contribution in [0.4, 0.5) is 0 Å². The van der Waals surface area contributed by atoms with Crippen molar-refractivity contribution in [2.75, 3.05) is 18.1 Å². The Morgan fingerprint density at radius 3 is 3.00 bits per heavy atom. The molecule has 3 rings (SSSR count). The van der Waals surface area contributed by atoms with Gasteiger partial charge in [-0.05, 0) is 30.5 Å². The lowest BCUT2D eigenvalue weighted by atomic mass is 10.0. The number of hydrogen-bond donors (Lipinski definition) is 2. The van der Waals surface area contributed by atoms with E-state index < -0.39 is 0 Å². The molecule has 1 aromatic carbocycles. The Labute approximate surface area is 118 Å². The Morgan fingerprint density at radius 2 is 2.32 bits per heavy atom. The van der Waals surface area contributed by atoms with Gasteiger partial charge >= 0.3 is 0 Å². The molecule has 1 aliphatic heterocycles. The lowest BCUT2D eigenvalue weighted by Crippen LogP contribution is -2.41. The SMILES string of the molecule is NNC(c1cccc(OC2CC2)c1)C1CSCCO1. The van der Waals surface area contributed by atoms with Gasteiger partial charge in [0.25, 0.3) is 0 Å². The third-order valence-corrected chi connectivity index (χ3v) is 4.46. The minimum Gasteiger partial charge on any atom is -0.490 e. The monoisotopic (exact) mass is 280 g/mol. The van der Waals surface area contributed by atoms with Crippen molar-refractivity contribution in [1.82, 2.24) is 5.43 Å². The zero-order chi connectivity index (χ0) is 13.1. The molecule has 3 N–H and O–H groups in total. The molecule has 104 valence electrons. The van der Waals surface area contributed by atoms with E-state index in [0.717, 1.165) is 29.4 Å². The van der Waals surface area contributed by atoms with Crippen LogP contribution in [0.15, 0.2) is 24.3 Å². The number of hydrazine groups is 1. The third kappa shape index (κ3) is 3.42. The predicted octanol–water partition coefficient (Wildman–Crippen LogP) is 1.86. The molecule has 1 aliphatic carbocycles. The zero-order valence-electron chi connectivity index (χ0n) is 10.9. The van der Waals surface area contributed by atoms with Crippen molar-refractivity contribution in [3.05, 3.63) is 29.8 Å². The van der Waals surface area contributed by atoms with Gasteiger partial charge in [0.05, 0.1) is 24.9 Å². The van der Waals surface area contributed by atoms with Gasteiger partial charge in [0.1, 0.15) is 5.75 Å². The van der Waals surface area contributed by atoms with Gasteiger partial charge in [-0.15, -0.1) is 0 Å². The number of benzene rings is 1. The van der Waals surface area contributed by atoms with E-state index in [9.17, 15) is 0 Å². The highest BCUT2D eigenvalue weighted by Crippen LogP contribution is 2.30. The summed E-state index contributed by atoms with van der Waals surface area (Å²) in [5.41, 5.74) is 4.02. The summed E-state index contributed by atoms with van der Waals surface area (Å²) in [5.74, 6) is 8.70. The van der Waals surface area contributed by atoms with Crippen LogP contribution in [0.1, 0.15) is 24.4 Å². The first-order valence-corrected chi connectivity index (χ1v) is 7.94. The van der Waals surface area contributed by atoms with Crippen molar-refractivity contribution < 1.29 is 9.47 Å². The van der Waals surface area contributed by atoms with E-state index in [1.807, 2.05) is 23.9 Å². The fraction of sp³-hybridized carbons (Fsp3) is 0.571. The average Bonchev–Trinajstić information content (AvgIpc) is 3.25. The molecular weight excluding hydrogens is 260 g/mol. The van der Waals surface area contributed by atoms with E-state index in [-0.39, 0.29) is 12.1 Å². The van der Waals surface area contributed by atoms with Crippen molar-refractivity contribution in [2.45, 2.75) is 31.1 Å². The molecule has 2 unspecified atom stereocenters. The number of thioether (sulfide) groups is 1. The lowest BCUT2D eigenvalue weighted by molar-refractivity contribution is 0.0467. The van der Waals surface area contributed by atoms with Crippen molar-refractivity contribution in [1.29, 1.82) is 0 Å². The molecule has 5 heteroatoms. The predicted molar refractivity (Wildman–Crippen MR) is 77.2 cm³/mol. The van der Waals surface area contributed by atoms with Gasteiger partial charge < -0.3 is 9.47 Å². The highest BCUT2D eigenvalue weighted by atomic mass is 32.2. The highest BCUT2D eigenvalue weighted by Gasteiger charge is 2.27. The van der Waals surface area contributed by atoms with Crippen LogP contribution in [-0.2, 0) is 4.74 Å². The Morgan fingerprint density at radius 1 is 1.42 bits per heavy atom. The summed E-state index contributed by atoms with van der Waals surface area (Å²) in [6.07, 6.45) is 2.89. The van der Waals surface area contributed by atoms with E-state index >= 15 is 0 Å². The van der Waals surface area contributed by atoms with Gasteiger partial charge in [0.15, 0.2) is 0 Å². The van der Waals surface area contributed by atoms with Crippen LogP contribution in [0, 0.1) is 0 Å². The van der Waals surface area contributed by atoms with E-state index in [1.165, 1.54) is 12.8 Å². The second kappa shape index (κ2) is 6.13. The van der Waals surface area contributed by atoms with Gasteiger partial charge in [-0.2, -0.15) is 11.8 Å². The van der Waals surface area contributed by atoms with Crippen LogP contribution in [0.2, 0.25) is 0 Å². The van der Waals surface area contributed by atoms with E-state index in [2.05, 4.69) is 17.6 Å². The van der Waals surface area contributed by atoms with Gasteiger partial charge in [-0.25, -0.2) is 0 Å². The second-order valence-corrected chi connectivity index (χ2v) is 6.17. The minimum atomic E-state index is 0.0237. The van der Waals surface area contributed by atoms with Crippen LogP contribution in [0.5, 0.6) is 5.75 Å². The van der Waals surface area contributed by atoms with Crippen LogP contribution in [-0.4, -0.2) is 30.3 Å². The lowest BCUT2D eigenvalue weighted by Gasteiger charge is -2.30. The van der Waals surface area contributed by atoms with E-state index in [4.69, 9.17) is 15.3 Å². The van der Waals surface area contributed by atoms with Crippen molar-refractivity contribution in [2.24, 2.45) is 5.84 Å². The molecule has 1 heterocycles. The number of nitrogens with one attached hydrogen (secondary N) is 1. The average molecular weight is 280 g/mol. The first-order chi connectivity index (χ1) is 9.36. The number of hydrogen-bond acceptors (Lipinski definition) is 5. The summed E-state index contributed by atoms with van der Waals surface area (Å²) in [5, 5.41) is 0. The first-order valence-electron chi connectivity index (χ1n) is 6.79. The number of nitrogens with two attached hydrogens (primary N) is 1. The van der Waals surface area contributed by atoms with Crippen LogP contribution in [0.25, 0.3) is 0 Å². The van der Waals surface area contributed by atoms with E-state index in [1.54, 1.807) is 0 Å². The van der Waals surface area contributed by atoms with Crippen LogP contribution >= 0.6 is 11.8 Å². The number of rotatable bonds is 5. The molecule has 0 aromatic heterocycles. The molecule has 4 nitrogen and oxygen atoms in total. The fourth-order valence-electron chi connectivity index (χ4n) is 2.28. The largest absolute Gasteiger partial charge is 0.490 e. The first kappa shape index (κ1) is 13.2. The molecule has 19 heavy (non-hydrogen) atoms. The molecule has 0 bridgehead atoms. The van der Waals surface area contributed by atoms with Crippen LogP contribution < -0.4 is 16.0 Å². The molecule has 2 atom stereocenters. The minimum absolute atomic E-state index is 0.0237. The molecule has 2 aliphatic rings. The molecule has 0 spiro atoms. The molecule has 0 amide bonds. The Balaban J connectivity index is 1.73. The quantitative estimate of drug-likeness (QED) is 0.637. The zero-order valence-corrected chi connectivity index (χ0v) is 11.7. The Hall–Kier alpha value is -0.750. The second-order valence-electron chi connectivity index (χ2n) is 5.02. The summed E-state index contributed by atoms with van der Waals surface area (Å²) < 4.78 is 11.6. The molecule has 2 fully saturated rings. The molecule has 1 saturated carbocycles. The Bertz CT molecular complexity index is 420. The highest BCUT2D eigenvalue weighted by molar-refractivity contribution is 7.99. The van der Waals surface area contributed by atoms with Gasteiger partial charge in [-0.1, -0.05) is 12.1 Å². The summed E-state index contributed by atoms with van der Waals surface area (Å²) >= 11 is 1.91. The Kier molecular flexibility index (Phi) is 4.28. The summed E-state index contributed by atoms with van der Waals surface area (Å²) in [6, 6.07) is 8.20. The maximum absolute atomic E-state index is 5.83. The standard InChI is InChI=1S/C14H20N2O2S/c15-16-14(13-9-19-7-6-17-13)10-2-1-3-12(8-10)18-11-4-5-11/h1-3,8,11,13-14,16H,4-7,9,15H2. The molecule has 1 saturated heterocycles. The van der Waals surface area contributed by atoms with Crippen LogP contribution in [0.3, 0.4) is 0 Å². The normalized spacial score (nSPS) is 25.0. The fourth-order valence-corrected chi connectivity index (χ4v) is 3.18. The molecular formula is C14H20N2O2S. The van der Waals surface area contributed by atoms with E-state index in [0.29, 0.717) is 6.10 Å². The molecule has 0 radical (unpaired) electrons. The third-order valence-electron chi connectivity index (χ3n) is 3.44. The topological polar surface area (TPSA) is 56.5 Å². The van der Waals surface area contributed by atoms with Crippen molar-refractivity contribution >= 4 is 11.8 Å². The summed E-state index contributed by atoms with van der Waals surface area (Å²) in [7, 11) is 0. The molecule has 1 aromatic rings. The van der Waals surface area contributed by atoms with Gasteiger partial charge in [-0.3, -0.25) is 11.3 Å². The summed E-state index contributed by atoms with van der Waals surface area (Å²) in [4.78, 5) is 0. The number of ether oxygens (including phenoxy) is 2. The summed E-state index contributed by atoms with van der Waals surface area (Å²) in [6.45, 7) is 0.797.